The molecule has 3 N–H and O–H groups in total. The summed E-state index contributed by atoms with van der Waals surface area (Å²) in [5.74, 6) is -0.278. The Hall–Kier alpha value is -1.85. The van der Waals surface area contributed by atoms with E-state index in [4.69, 9.17) is 16.7 Å². The van der Waals surface area contributed by atoms with Gasteiger partial charge in [-0.1, -0.05) is 23.7 Å². The highest BCUT2D eigenvalue weighted by Crippen LogP contribution is 2.22. The van der Waals surface area contributed by atoms with Crippen LogP contribution >= 0.6 is 11.6 Å². The first-order valence-electron chi connectivity index (χ1n) is 5.83. The number of carbonyl (C=O) groups is 1. The van der Waals surface area contributed by atoms with Crippen molar-refractivity contribution in [1.29, 1.82) is 0 Å². The number of nitrogens with one attached hydrogen (secondary N) is 2. The molecule has 0 radical (unpaired) electrons. The summed E-state index contributed by atoms with van der Waals surface area (Å²) in [5, 5.41) is 18.9. The molecule has 1 heterocycles. The van der Waals surface area contributed by atoms with E-state index in [1.165, 1.54) is 6.20 Å². The lowest BCUT2D eigenvalue weighted by Crippen LogP contribution is -2.35. The number of hydrogen-bond donors (Lipinski definition) is 3. The molecule has 0 saturated carbocycles. The van der Waals surface area contributed by atoms with E-state index < -0.39 is 0 Å². The van der Waals surface area contributed by atoms with Crippen LogP contribution in [0.15, 0.2) is 30.5 Å². The smallest absolute Gasteiger partial charge is 0.255 e. The fourth-order valence-corrected chi connectivity index (χ4v) is 1.77. The molecule has 0 bridgehead atoms. The number of aliphatic hydroxyl groups is 1. The molecule has 2 rings (SSSR count). The van der Waals surface area contributed by atoms with Crippen molar-refractivity contribution in [2.24, 2.45) is 0 Å². The van der Waals surface area contributed by atoms with Gasteiger partial charge in [0.25, 0.3) is 5.91 Å². The Morgan fingerprint density at radius 3 is 2.79 bits per heavy atom. The Morgan fingerprint density at radius 1 is 1.47 bits per heavy atom. The van der Waals surface area contributed by atoms with Crippen LogP contribution in [0.25, 0.3) is 11.3 Å². The monoisotopic (exact) mass is 279 g/mol. The van der Waals surface area contributed by atoms with E-state index in [0.29, 0.717) is 16.3 Å². The number of rotatable bonds is 4. The first-order chi connectivity index (χ1) is 9.11. The Bertz CT molecular complexity index is 566. The van der Waals surface area contributed by atoms with Crippen LogP contribution in [0.2, 0.25) is 5.02 Å². The first-order valence-corrected chi connectivity index (χ1v) is 6.20. The van der Waals surface area contributed by atoms with Gasteiger partial charge < -0.3 is 10.4 Å². The van der Waals surface area contributed by atoms with Gasteiger partial charge in [-0.05, 0) is 19.1 Å². The number of carbonyl (C=O) groups excluding carboxylic acids is 1. The van der Waals surface area contributed by atoms with Gasteiger partial charge in [0.2, 0.25) is 0 Å². The van der Waals surface area contributed by atoms with Crippen LogP contribution in [0.4, 0.5) is 0 Å². The minimum Gasteiger partial charge on any atom is -0.394 e. The quantitative estimate of drug-likeness (QED) is 0.799. The summed E-state index contributed by atoms with van der Waals surface area (Å²) in [6, 6.07) is 6.80. The predicted molar refractivity (Wildman–Crippen MR) is 73.0 cm³/mol. The number of aromatic amines is 1. The van der Waals surface area contributed by atoms with Crippen molar-refractivity contribution in [3.05, 3.63) is 41.0 Å². The van der Waals surface area contributed by atoms with Gasteiger partial charge in [-0.25, -0.2) is 0 Å². The summed E-state index contributed by atoms with van der Waals surface area (Å²) in [6.45, 7) is 1.61. The summed E-state index contributed by atoms with van der Waals surface area (Å²) in [7, 11) is 0. The average molecular weight is 280 g/mol. The lowest BCUT2D eigenvalue weighted by Gasteiger charge is -2.10. The van der Waals surface area contributed by atoms with Gasteiger partial charge >= 0.3 is 0 Å². The van der Waals surface area contributed by atoms with Crippen LogP contribution in [0, 0.1) is 0 Å². The molecule has 1 aromatic carbocycles. The molecule has 100 valence electrons. The lowest BCUT2D eigenvalue weighted by atomic mass is 10.1. The van der Waals surface area contributed by atoms with E-state index in [9.17, 15) is 4.79 Å². The fourth-order valence-electron chi connectivity index (χ4n) is 1.64. The molecule has 0 aliphatic heterocycles. The second-order valence-corrected chi connectivity index (χ2v) is 4.66. The van der Waals surface area contributed by atoms with Crippen LogP contribution in [0.3, 0.4) is 0 Å². The predicted octanol–water partition coefficient (Wildman–Crippen LogP) is 1.84. The summed E-state index contributed by atoms with van der Waals surface area (Å²) in [6.07, 6.45) is 1.46. The Balaban J connectivity index is 2.27. The molecule has 0 saturated heterocycles. The fraction of sp³-hybridized carbons (Fsp3) is 0.231. The third-order valence-electron chi connectivity index (χ3n) is 2.67. The van der Waals surface area contributed by atoms with E-state index in [-0.39, 0.29) is 18.6 Å². The number of benzene rings is 1. The Morgan fingerprint density at radius 2 is 2.16 bits per heavy atom. The molecule has 0 spiro atoms. The van der Waals surface area contributed by atoms with Crippen molar-refractivity contribution < 1.29 is 9.90 Å². The molecular weight excluding hydrogens is 266 g/mol. The number of aliphatic hydroxyl groups excluding tert-OH is 1. The van der Waals surface area contributed by atoms with E-state index >= 15 is 0 Å². The van der Waals surface area contributed by atoms with Crippen LogP contribution in [-0.2, 0) is 0 Å². The van der Waals surface area contributed by atoms with Crippen molar-refractivity contribution >= 4 is 17.5 Å². The van der Waals surface area contributed by atoms with Gasteiger partial charge in [-0.2, -0.15) is 5.10 Å². The van der Waals surface area contributed by atoms with Crippen molar-refractivity contribution in [1.82, 2.24) is 15.5 Å². The SMILES string of the molecule is CC(CO)NC(=O)c1cn[nH]c1-c1ccc(Cl)cc1. The molecule has 5 nitrogen and oxygen atoms in total. The van der Waals surface area contributed by atoms with Gasteiger partial charge in [-0.15, -0.1) is 0 Å². The number of halogens is 1. The molecule has 19 heavy (non-hydrogen) atoms. The van der Waals surface area contributed by atoms with E-state index in [0.717, 1.165) is 5.56 Å². The van der Waals surface area contributed by atoms with E-state index in [1.807, 2.05) is 12.1 Å². The maximum Gasteiger partial charge on any atom is 0.255 e. The number of nitrogens with zero attached hydrogens (tertiary/aromatic N) is 1. The first kappa shape index (κ1) is 13.6. The topological polar surface area (TPSA) is 78.0 Å². The number of hydrogen-bond acceptors (Lipinski definition) is 3. The molecule has 1 atom stereocenters. The Kier molecular flexibility index (Phi) is 4.19. The molecule has 1 unspecified atom stereocenters. The second kappa shape index (κ2) is 5.86. The van der Waals surface area contributed by atoms with Gasteiger partial charge in [0.15, 0.2) is 0 Å². The minimum atomic E-state index is -0.305. The van der Waals surface area contributed by atoms with Gasteiger partial charge in [-0.3, -0.25) is 9.89 Å². The summed E-state index contributed by atoms with van der Waals surface area (Å²) in [5.41, 5.74) is 1.88. The maximum absolute atomic E-state index is 12.0. The molecule has 0 aliphatic carbocycles. The van der Waals surface area contributed by atoms with Crippen LogP contribution < -0.4 is 5.32 Å². The van der Waals surface area contributed by atoms with Crippen LogP contribution in [0.5, 0.6) is 0 Å². The highest BCUT2D eigenvalue weighted by atomic mass is 35.5. The normalized spacial score (nSPS) is 12.2. The van der Waals surface area contributed by atoms with E-state index in [2.05, 4.69) is 15.5 Å². The highest BCUT2D eigenvalue weighted by molar-refractivity contribution is 6.30. The lowest BCUT2D eigenvalue weighted by molar-refractivity contribution is 0.0923. The zero-order valence-electron chi connectivity index (χ0n) is 10.4. The largest absolute Gasteiger partial charge is 0.394 e. The highest BCUT2D eigenvalue weighted by Gasteiger charge is 2.16. The zero-order valence-corrected chi connectivity index (χ0v) is 11.1. The maximum atomic E-state index is 12.0. The molecule has 0 fully saturated rings. The second-order valence-electron chi connectivity index (χ2n) is 4.22. The van der Waals surface area contributed by atoms with Crippen molar-refractivity contribution in [3.8, 4) is 11.3 Å². The molecule has 1 amide bonds. The molecule has 2 aromatic rings. The summed E-state index contributed by atoms with van der Waals surface area (Å²) < 4.78 is 0. The van der Waals surface area contributed by atoms with Crippen molar-refractivity contribution in [3.63, 3.8) is 0 Å². The Labute approximate surface area is 115 Å². The molecule has 6 heteroatoms. The van der Waals surface area contributed by atoms with Crippen LogP contribution in [0.1, 0.15) is 17.3 Å². The number of amides is 1. The number of aromatic nitrogens is 2. The van der Waals surface area contributed by atoms with Crippen LogP contribution in [-0.4, -0.2) is 33.9 Å². The van der Waals surface area contributed by atoms with Gasteiger partial charge in [0, 0.05) is 16.6 Å². The van der Waals surface area contributed by atoms with Crippen molar-refractivity contribution in [2.45, 2.75) is 13.0 Å². The number of H-pyrrole nitrogens is 1. The average Bonchev–Trinajstić information content (AvgIpc) is 2.88. The third kappa shape index (κ3) is 3.13. The minimum absolute atomic E-state index is 0.111. The van der Waals surface area contributed by atoms with Gasteiger partial charge in [0.1, 0.15) is 0 Å². The summed E-state index contributed by atoms with van der Waals surface area (Å²) >= 11 is 5.83. The molecule has 0 aliphatic rings. The standard InChI is InChI=1S/C13H14ClN3O2/c1-8(7-18)16-13(19)11-6-15-17-12(11)9-2-4-10(14)5-3-9/h2-6,8,18H,7H2,1H3,(H,15,17)(H,16,19). The van der Waals surface area contributed by atoms with Gasteiger partial charge in [0.05, 0.1) is 24.1 Å². The van der Waals surface area contributed by atoms with E-state index in [1.54, 1.807) is 19.1 Å². The van der Waals surface area contributed by atoms with Crippen molar-refractivity contribution in [2.75, 3.05) is 6.61 Å². The molecular formula is C13H14ClN3O2. The summed E-state index contributed by atoms with van der Waals surface area (Å²) in [4.78, 5) is 12.0. The molecule has 1 aromatic heterocycles. The zero-order chi connectivity index (χ0) is 13.8. The third-order valence-corrected chi connectivity index (χ3v) is 2.92.